The molecule has 0 saturated carbocycles. The third kappa shape index (κ3) is 1.95. The summed E-state index contributed by atoms with van der Waals surface area (Å²) in [5, 5.41) is 9.99. The molecule has 2 N–H and O–H groups in total. The molecule has 18 heavy (non-hydrogen) atoms. The van der Waals surface area contributed by atoms with Gasteiger partial charge in [-0.05, 0) is 12.1 Å². The zero-order chi connectivity index (χ0) is 13.1. The van der Waals surface area contributed by atoms with Crippen molar-refractivity contribution >= 4 is 6.21 Å². The smallest absolute Gasteiger partial charge is 0.335 e. The summed E-state index contributed by atoms with van der Waals surface area (Å²) in [6.07, 6.45) is 1.20. The second-order valence-corrected chi connectivity index (χ2v) is 3.55. The van der Waals surface area contributed by atoms with Gasteiger partial charge in [0.15, 0.2) is 0 Å². The first kappa shape index (κ1) is 11.8. The number of nitrogens with zero attached hydrogens (tertiary/aromatic N) is 2. The highest BCUT2D eigenvalue weighted by Gasteiger charge is 2.13. The average molecular weight is 245 g/mol. The fourth-order valence-electron chi connectivity index (χ4n) is 1.60. The van der Waals surface area contributed by atoms with Crippen LogP contribution in [0.4, 0.5) is 0 Å². The molecule has 0 aliphatic rings. The fourth-order valence-corrected chi connectivity index (χ4v) is 1.60. The molecule has 6 heteroatoms. The van der Waals surface area contributed by atoms with Crippen molar-refractivity contribution in [3.63, 3.8) is 0 Å². The third-order valence-electron chi connectivity index (χ3n) is 2.39. The molecule has 0 aliphatic carbocycles. The van der Waals surface area contributed by atoms with Gasteiger partial charge in [-0.1, -0.05) is 18.2 Å². The van der Waals surface area contributed by atoms with Gasteiger partial charge in [0.1, 0.15) is 5.56 Å². The van der Waals surface area contributed by atoms with Crippen LogP contribution in [0.1, 0.15) is 5.56 Å². The molecule has 0 atom stereocenters. The molecular formula is C12H11N3O3. The zero-order valence-electron chi connectivity index (χ0n) is 9.62. The number of aromatic amines is 1. The van der Waals surface area contributed by atoms with Crippen LogP contribution >= 0.6 is 0 Å². The van der Waals surface area contributed by atoms with Crippen LogP contribution in [-0.4, -0.2) is 27.9 Å². The summed E-state index contributed by atoms with van der Waals surface area (Å²) in [6, 6.07) is 8.52. The van der Waals surface area contributed by atoms with E-state index in [9.17, 15) is 14.7 Å². The van der Waals surface area contributed by atoms with Crippen LogP contribution in [-0.2, 0) is 0 Å². The first-order valence-corrected chi connectivity index (χ1v) is 5.21. The van der Waals surface area contributed by atoms with Crippen LogP contribution in [0.15, 0.2) is 44.9 Å². The van der Waals surface area contributed by atoms with E-state index in [1.54, 1.807) is 30.3 Å². The molecule has 0 spiro atoms. The predicted octanol–water partition coefficient (Wildman–Crippen LogP) is 0.280. The molecule has 0 amide bonds. The van der Waals surface area contributed by atoms with Crippen molar-refractivity contribution in [3.8, 4) is 11.6 Å². The van der Waals surface area contributed by atoms with Gasteiger partial charge in [0.25, 0.3) is 5.56 Å². The van der Waals surface area contributed by atoms with Gasteiger partial charge in [-0.25, -0.2) is 9.36 Å². The van der Waals surface area contributed by atoms with Crippen LogP contribution in [0, 0.1) is 0 Å². The molecule has 0 unspecified atom stereocenters. The molecule has 0 bridgehead atoms. The lowest BCUT2D eigenvalue weighted by molar-refractivity contribution is 0.430. The third-order valence-corrected chi connectivity index (χ3v) is 2.39. The number of H-pyrrole nitrogens is 1. The molecule has 2 rings (SSSR count). The minimum absolute atomic E-state index is 0.0547. The highest BCUT2D eigenvalue weighted by Crippen LogP contribution is 2.14. The first-order chi connectivity index (χ1) is 8.65. The van der Waals surface area contributed by atoms with Crippen LogP contribution in [0.3, 0.4) is 0 Å². The number of rotatable bonds is 2. The number of benzene rings is 1. The van der Waals surface area contributed by atoms with Gasteiger partial charge < -0.3 is 5.11 Å². The molecule has 1 aromatic heterocycles. The summed E-state index contributed by atoms with van der Waals surface area (Å²) in [7, 11) is 1.47. The van der Waals surface area contributed by atoms with E-state index in [1.807, 2.05) is 0 Å². The van der Waals surface area contributed by atoms with Gasteiger partial charge in [0, 0.05) is 13.3 Å². The normalized spacial score (nSPS) is 10.9. The summed E-state index contributed by atoms with van der Waals surface area (Å²) in [4.78, 5) is 29.0. The number of para-hydroxylation sites is 1. The monoisotopic (exact) mass is 245 g/mol. The highest BCUT2D eigenvalue weighted by atomic mass is 16.3. The molecule has 0 aliphatic heterocycles. The minimum Gasteiger partial charge on any atom is -0.493 e. The Morgan fingerprint density at radius 1 is 1.28 bits per heavy atom. The van der Waals surface area contributed by atoms with Gasteiger partial charge in [0.05, 0.1) is 5.69 Å². The van der Waals surface area contributed by atoms with Gasteiger partial charge in [-0.15, -0.1) is 0 Å². The average Bonchev–Trinajstić information content (AvgIpc) is 2.35. The Kier molecular flexibility index (Phi) is 3.09. The SMILES string of the molecule is CN=Cc1c(O)n(-c2ccccc2)c(=O)[nH]c1=O. The Morgan fingerprint density at radius 3 is 2.56 bits per heavy atom. The lowest BCUT2D eigenvalue weighted by Gasteiger charge is -2.08. The Labute approximate surface area is 102 Å². The van der Waals surface area contributed by atoms with Gasteiger partial charge in [0.2, 0.25) is 5.88 Å². The lowest BCUT2D eigenvalue weighted by atomic mass is 10.3. The van der Waals surface area contributed by atoms with E-state index in [2.05, 4.69) is 9.98 Å². The van der Waals surface area contributed by atoms with E-state index in [0.29, 0.717) is 5.69 Å². The highest BCUT2D eigenvalue weighted by molar-refractivity contribution is 5.82. The van der Waals surface area contributed by atoms with E-state index >= 15 is 0 Å². The molecule has 1 aromatic carbocycles. The van der Waals surface area contributed by atoms with Crippen molar-refractivity contribution in [3.05, 3.63) is 56.7 Å². The van der Waals surface area contributed by atoms with E-state index in [-0.39, 0.29) is 5.56 Å². The fraction of sp³-hybridized carbons (Fsp3) is 0.0833. The molecule has 92 valence electrons. The summed E-state index contributed by atoms with van der Waals surface area (Å²) in [6.45, 7) is 0. The Hall–Kier alpha value is -2.63. The summed E-state index contributed by atoms with van der Waals surface area (Å²) >= 11 is 0. The van der Waals surface area contributed by atoms with E-state index in [1.165, 1.54) is 13.3 Å². The first-order valence-electron chi connectivity index (χ1n) is 5.21. The van der Waals surface area contributed by atoms with Gasteiger partial charge in [-0.3, -0.25) is 14.8 Å². The topological polar surface area (TPSA) is 87.4 Å². The molecule has 2 aromatic rings. The Balaban J connectivity index is 2.81. The largest absolute Gasteiger partial charge is 0.493 e. The maximum Gasteiger partial charge on any atom is 0.335 e. The second kappa shape index (κ2) is 4.70. The summed E-state index contributed by atoms with van der Waals surface area (Å²) in [5.41, 5.74) is -0.963. The number of nitrogens with one attached hydrogen (secondary N) is 1. The van der Waals surface area contributed by atoms with Crippen molar-refractivity contribution < 1.29 is 5.11 Å². The van der Waals surface area contributed by atoms with Crippen molar-refractivity contribution in [2.24, 2.45) is 4.99 Å². The molecule has 0 saturated heterocycles. The maximum atomic E-state index is 11.7. The Morgan fingerprint density at radius 2 is 1.94 bits per heavy atom. The quantitative estimate of drug-likeness (QED) is 0.745. The van der Waals surface area contributed by atoms with E-state index in [4.69, 9.17) is 0 Å². The summed E-state index contributed by atoms with van der Waals surface area (Å²) in [5.74, 6) is -0.430. The van der Waals surface area contributed by atoms with Crippen molar-refractivity contribution in [2.75, 3.05) is 7.05 Å². The van der Waals surface area contributed by atoms with Crippen LogP contribution < -0.4 is 11.2 Å². The molecule has 0 radical (unpaired) electrons. The molecule has 1 heterocycles. The van der Waals surface area contributed by atoms with Crippen molar-refractivity contribution in [1.82, 2.24) is 9.55 Å². The lowest BCUT2D eigenvalue weighted by Crippen LogP contribution is -2.31. The van der Waals surface area contributed by atoms with Crippen LogP contribution in [0.2, 0.25) is 0 Å². The zero-order valence-corrected chi connectivity index (χ0v) is 9.62. The van der Waals surface area contributed by atoms with Crippen LogP contribution in [0.25, 0.3) is 5.69 Å². The number of hydrogen-bond acceptors (Lipinski definition) is 4. The Bertz CT molecular complexity index is 699. The number of aromatic nitrogens is 2. The maximum absolute atomic E-state index is 11.7. The van der Waals surface area contributed by atoms with Crippen molar-refractivity contribution in [2.45, 2.75) is 0 Å². The number of aliphatic imine (C=N–C) groups is 1. The summed E-state index contributed by atoms with van der Waals surface area (Å²) < 4.78 is 1.01. The molecule has 0 fully saturated rings. The molecule has 6 nitrogen and oxygen atoms in total. The van der Waals surface area contributed by atoms with Gasteiger partial charge in [-0.2, -0.15) is 0 Å². The van der Waals surface area contributed by atoms with E-state index in [0.717, 1.165) is 4.57 Å². The standard InChI is InChI=1S/C12H11N3O3/c1-13-7-9-10(16)14-12(18)15(11(9)17)8-5-3-2-4-6-8/h2-7,17H,1H3,(H,14,16,18). The molecular weight excluding hydrogens is 234 g/mol. The van der Waals surface area contributed by atoms with Crippen molar-refractivity contribution in [1.29, 1.82) is 0 Å². The predicted molar refractivity (Wildman–Crippen MR) is 67.8 cm³/mol. The van der Waals surface area contributed by atoms with Gasteiger partial charge >= 0.3 is 5.69 Å². The number of hydrogen-bond donors (Lipinski definition) is 2. The second-order valence-electron chi connectivity index (χ2n) is 3.55. The van der Waals surface area contributed by atoms with E-state index < -0.39 is 17.1 Å². The number of aromatic hydroxyl groups is 1. The van der Waals surface area contributed by atoms with Crippen LogP contribution in [0.5, 0.6) is 5.88 Å². The minimum atomic E-state index is -0.697.